The predicted octanol–water partition coefficient (Wildman–Crippen LogP) is 1.92. The van der Waals surface area contributed by atoms with E-state index in [1.165, 1.54) is 12.8 Å². The van der Waals surface area contributed by atoms with Gasteiger partial charge in [0.15, 0.2) is 5.65 Å². The second-order valence-corrected chi connectivity index (χ2v) is 6.89. The van der Waals surface area contributed by atoms with E-state index in [4.69, 9.17) is 5.73 Å². The second kappa shape index (κ2) is 5.65. The molecule has 0 atom stereocenters. The number of rotatable bonds is 3. The molecule has 2 N–H and O–H groups in total. The normalized spacial score (nSPS) is 18.8. The fraction of sp³-hybridized carbons (Fsp3) is 0.471. The molecular formula is C17H20N8. The zero-order valence-corrected chi connectivity index (χ0v) is 13.9. The second-order valence-electron chi connectivity index (χ2n) is 6.89. The van der Waals surface area contributed by atoms with Crippen molar-refractivity contribution in [3.8, 4) is 0 Å². The number of fused-ring (bicyclic) bond motifs is 1. The summed E-state index contributed by atoms with van der Waals surface area (Å²) in [6.07, 6.45) is 8.09. The Bertz CT molecular complexity index is 908. The first-order valence-corrected chi connectivity index (χ1v) is 8.81. The first-order valence-electron chi connectivity index (χ1n) is 8.81. The van der Waals surface area contributed by atoms with Gasteiger partial charge in [0.25, 0.3) is 0 Å². The Labute approximate surface area is 145 Å². The number of piperidine rings is 1. The van der Waals surface area contributed by atoms with Crippen LogP contribution in [0.25, 0.3) is 11.0 Å². The number of nitrogens with two attached hydrogens (primary N) is 1. The SMILES string of the molecule is Nc1ccc2c(N3CCC(c4nncn4C4CC4)CC3)ncnc2n1. The molecule has 1 aliphatic heterocycles. The number of nitrogen functional groups attached to an aromatic ring is 1. The third kappa shape index (κ3) is 2.57. The minimum absolute atomic E-state index is 0.473. The molecule has 2 aliphatic rings. The van der Waals surface area contributed by atoms with Gasteiger partial charge in [-0.2, -0.15) is 0 Å². The highest BCUT2D eigenvalue weighted by Crippen LogP contribution is 2.39. The molecule has 2 fully saturated rings. The fourth-order valence-electron chi connectivity index (χ4n) is 3.72. The summed E-state index contributed by atoms with van der Waals surface area (Å²) in [5.41, 5.74) is 6.42. The Morgan fingerprint density at radius 1 is 1.04 bits per heavy atom. The largest absolute Gasteiger partial charge is 0.384 e. The van der Waals surface area contributed by atoms with Crippen molar-refractivity contribution in [1.29, 1.82) is 0 Å². The van der Waals surface area contributed by atoms with E-state index in [1.807, 2.05) is 12.4 Å². The maximum absolute atomic E-state index is 5.77. The Balaban J connectivity index is 1.37. The highest BCUT2D eigenvalue weighted by molar-refractivity contribution is 5.87. The molecule has 0 spiro atoms. The molecule has 0 amide bonds. The van der Waals surface area contributed by atoms with Gasteiger partial charge in [0.1, 0.15) is 30.1 Å². The van der Waals surface area contributed by atoms with Crippen molar-refractivity contribution >= 4 is 22.7 Å². The van der Waals surface area contributed by atoms with E-state index < -0.39 is 0 Å². The van der Waals surface area contributed by atoms with Gasteiger partial charge in [-0.25, -0.2) is 15.0 Å². The van der Waals surface area contributed by atoms with Crippen LogP contribution in [0.1, 0.15) is 43.5 Å². The zero-order chi connectivity index (χ0) is 16.8. The van der Waals surface area contributed by atoms with Gasteiger partial charge in [-0.15, -0.1) is 10.2 Å². The molecule has 0 aromatic carbocycles. The lowest BCUT2D eigenvalue weighted by atomic mass is 9.95. The van der Waals surface area contributed by atoms with Crippen LogP contribution in [0.3, 0.4) is 0 Å². The number of anilines is 2. The Kier molecular flexibility index (Phi) is 3.29. The van der Waals surface area contributed by atoms with E-state index in [2.05, 4.69) is 34.6 Å². The van der Waals surface area contributed by atoms with Gasteiger partial charge in [0, 0.05) is 25.0 Å². The molecule has 0 unspecified atom stereocenters. The van der Waals surface area contributed by atoms with Crippen LogP contribution in [0, 0.1) is 0 Å². The standard InChI is InChI=1S/C17H20N8/c18-14-4-3-13-15(22-14)19-9-20-17(13)24-7-5-11(6-8-24)16-23-21-10-25(16)12-1-2-12/h3-4,9-12H,1-2,5-8H2,(H2,18,19,20,22). The van der Waals surface area contributed by atoms with Gasteiger partial charge in [-0.1, -0.05) is 0 Å². The summed E-state index contributed by atoms with van der Waals surface area (Å²) in [5, 5.41) is 9.50. The molecule has 1 saturated carbocycles. The lowest BCUT2D eigenvalue weighted by molar-refractivity contribution is 0.464. The van der Waals surface area contributed by atoms with Gasteiger partial charge >= 0.3 is 0 Å². The average Bonchev–Trinajstić information content (AvgIpc) is 3.38. The molecule has 25 heavy (non-hydrogen) atoms. The molecule has 5 rings (SSSR count). The van der Waals surface area contributed by atoms with Crippen molar-refractivity contribution < 1.29 is 0 Å². The lowest BCUT2D eigenvalue weighted by Gasteiger charge is -2.32. The number of nitrogens with zero attached hydrogens (tertiary/aromatic N) is 7. The molecule has 4 heterocycles. The van der Waals surface area contributed by atoms with Crippen molar-refractivity contribution in [2.75, 3.05) is 23.7 Å². The van der Waals surface area contributed by atoms with Crippen LogP contribution >= 0.6 is 0 Å². The minimum Gasteiger partial charge on any atom is -0.384 e. The molecule has 3 aromatic rings. The van der Waals surface area contributed by atoms with Crippen molar-refractivity contribution in [1.82, 2.24) is 29.7 Å². The highest BCUT2D eigenvalue weighted by Gasteiger charge is 2.31. The van der Waals surface area contributed by atoms with E-state index in [0.717, 1.165) is 43.0 Å². The van der Waals surface area contributed by atoms with Gasteiger partial charge < -0.3 is 15.2 Å². The monoisotopic (exact) mass is 336 g/mol. The molecule has 3 aromatic heterocycles. The summed E-state index contributed by atoms with van der Waals surface area (Å²) in [5.74, 6) is 3.06. The summed E-state index contributed by atoms with van der Waals surface area (Å²) in [4.78, 5) is 15.4. The summed E-state index contributed by atoms with van der Waals surface area (Å²) in [6, 6.07) is 4.40. The molecule has 8 heteroatoms. The average molecular weight is 336 g/mol. The smallest absolute Gasteiger partial charge is 0.166 e. The van der Waals surface area contributed by atoms with Crippen LogP contribution in [0.2, 0.25) is 0 Å². The minimum atomic E-state index is 0.473. The molecule has 0 bridgehead atoms. The first kappa shape index (κ1) is 14.6. The third-order valence-electron chi connectivity index (χ3n) is 5.20. The van der Waals surface area contributed by atoms with Crippen molar-refractivity contribution in [3.05, 3.63) is 30.6 Å². The molecule has 8 nitrogen and oxygen atoms in total. The molecule has 1 aliphatic carbocycles. The molecule has 1 saturated heterocycles. The van der Waals surface area contributed by atoms with Crippen LogP contribution in [0.15, 0.2) is 24.8 Å². The van der Waals surface area contributed by atoms with Gasteiger partial charge in [0.2, 0.25) is 0 Å². The third-order valence-corrected chi connectivity index (χ3v) is 5.20. The molecule has 128 valence electrons. The van der Waals surface area contributed by atoms with Crippen LogP contribution in [0.4, 0.5) is 11.6 Å². The van der Waals surface area contributed by atoms with Crippen LogP contribution < -0.4 is 10.6 Å². The number of hydrogen-bond donors (Lipinski definition) is 1. The summed E-state index contributed by atoms with van der Waals surface area (Å²) < 4.78 is 2.28. The van der Waals surface area contributed by atoms with E-state index in [9.17, 15) is 0 Å². The zero-order valence-electron chi connectivity index (χ0n) is 13.9. The van der Waals surface area contributed by atoms with E-state index >= 15 is 0 Å². The number of hydrogen-bond acceptors (Lipinski definition) is 7. The summed E-state index contributed by atoms with van der Waals surface area (Å²) >= 11 is 0. The lowest BCUT2D eigenvalue weighted by Crippen LogP contribution is -2.34. The maximum atomic E-state index is 5.77. The first-order chi connectivity index (χ1) is 12.3. The molecule has 0 radical (unpaired) electrons. The Hall–Kier alpha value is -2.77. The number of pyridine rings is 1. The summed E-state index contributed by atoms with van der Waals surface area (Å²) in [7, 11) is 0. The topological polar surface area (TPSA) is 98.6 Å². The van der Waals surface area contributed by atoms with E-state index in [0.29, 0.717) is 23.4 Å². The van der Waals surface area contributed by atoms with Crippen LogP contribution in [-0.2, 0) is 0 Å². The Morgan fingerprint density at radius 2 is 1.88 bits per heavy atom. The van der Waals surface area contributed by atoms with E-state index in [-0.39, 0.29) is 0 Å². The Morgan fingerprint density at radius 3 is 2.68 bits per heavy atom. The van der Waals surface area contributed by atoms with Gasteiger partial charge in [-0.05, 0) is 37.8 Å². The van der Waals surface area contributed by atoms with Gasteiger partial charge in [-0.3, -0.25) is 0 Å². The van der Waals surface area contributed by atoms with Crippen molar-refractivity contribution in [3.63, 3.8) is 0 Å². The fourth-order valence-corrected chi connectivity index (χ4v) is 3.72. The number of aromatic nitrogens is 6. The quantitative estimate of drug-likeness (QED) is 0.780. The van der Waals surface area contributed by atoms with Crippen LogP contribution in [0.5, 0.6) is 0 Å². The maximum Gasteiger partial charge on any atom is 0.166 e. The van der Waals surface area contributed by atoms with Crippen molar-refractivity contribution in [2.24, 2.45) is 0 Å². The van der Waals surface area contributed by atoms with Crippen LogP contribution in [-0.4, -0.2) is 42.8 Å². The van der Waals surface area contributed by atoms with E-state index in [1.54, 1.807) is 12.4 Å². The van der Waals surface area contributed by atoms with Crippen molar-refractivity contribution in [2.45, 2.75) is 37.6 Å². The van der Waals surface area contributed by atoms with Gasteiger partial charge in [0.05, 0.1) is 5.39 Å². The predicted molar refractivity (Wildman–Crippen MR) is 94.2 cm³/mol. The highest BCUT2D eigenvalue weighted by atomic mass is 15.3. The molecular weight excluding hydrogens is 316 g/mol. The summed E-state index contributed by atoms with van der Waals surface area (Å²) in [6.45, 7) is 1.89.